The smallest absolute Gasteiger partial charge is 0.247 e. The Morgan fingerprint density at radius 3 is 2.57 bits per heavy atom. The number of nitrogens with zero attached hydrogens (tertiary/aromatic N) is 2. The summed E-state index contributed by atoms with van der Waals surface area (Å²) in [5.74, 6) is 0.00333. The summed E-state index contributed by atoms with van der Waals surface area (Å²) in [5, 5.41) is 7.62. The van der Waals surface area contributed by atoms with Crippen LogP contribution >= 0.6 is 39.7 Å². The van der Waals surface area contributed by atoms with Gasteiger partial charge in [-0.2, -0.15) is 0 Å². The molecule has 0 atom stereocenters. The number of thiocarbonyl (C=S) groups is 1. The lowest BCUT2D eigenvalue weighted by molar-refractivity contribution is -0.117. The minimum Gasteiger partial charge on any atom is -0.330 e. The number of hydrazine groups is 1. The molecule has 0 aromatic heterocycles. The zero-order chi connectivity index (χ0) is 16.4. The lowest BCUT2D eigenvalue weighted by Gasteiger charge is -2.30. The molecule has 2 aromatic rings. The monoisotopic (exact) mass is 409 g/mol. The maximum Gasteiger partial charge on any atom is 0.247 e. The lowest BCUT2D eigenvalue weighted by Crippen LogP contribution is -2.45. The third-order valence-corrected chi connectivity index (χ3v) is 4.69. The fraction of sp³-hybridized carbons (Fsp3) is 0.125. The van der Waals surface area contributed by atoms with E-state index < -0.39 is 0 Å². The standard InChI is InChI=1S/C16H13BrClN3OS/c17-13-3-1-2-4-14(13)19-16(23)20-10-9-15(22)21(20)12-7-5-11(18)6-8-12/h1-8H,9-10H2,(H,19,23). The zero-order valence-corrected chi connectivity index (χ0v) is 15.2. The number of halogens is 2. The molecule has 7 heteroatoms. The molecule has 1 aliphatic heterocycles. The highest BCUT2D eigenvalue weighted by Gasteiger charge is 2.32. The van der Waals surface area contributed by atoms with Crippen LogP contribution in [0.1, 0.15) is 6.42 Å². The Morgan fingerprint density at radius 2 is 1.87 bits per heavy atom. The Hall–Kier alpha value is -1.63. The molecule has 1 heterocycles. The topological polar surface area (TPSA) is 35.6 Å². The fourth-order valence-electron chi connectivity index (χ4n) is 2.34. The molecule has 3 rings (SSSR count). The summed E-state index contributed by atoms with van der Waals surface area (Å²) in [6.07, 6.45) is 0.417. The summed E-state index contributed by atoms with van der Waals surface area (Å²) in [5.41, 5.74) is 1.60. The Balaban J connectivity index is 1.83. The van der Waals surface area contributed by atoms with Crippen molar-refractivity contribution in [3.63, 3.8) is 0 Å². The Bertz CT molecular complexity index is 753. The normalized spacial score (nSPS) is 14.3. The first-order valence-electron chi connectivity index (χ1n) is 6.98. The van der Waals surface area contributed by atoms with E-state index in [4.69, 9.17) is 23.8 Å². The SMILES string of the molecule is O=C1CCN(C(=S)Nc2ccccc2Br)N1c1ccc(Cl)cc1. The number of benzene rings is 2. The number of nitrogens with one attached hydrogen (secondary N) is 1. The van der Waals surface area contributed by atoms with Gasteiger partial charge in [0, 0.05) is 15.9 Å². The Kier molecular flexibility index (Phi) is 4.84. The Labute approximate surface area is 153 Å². The predicted octanol–water partition coefficient (Wildman–Crippen LogP) is 4.45. The van der Waals surface area contributed by atoms with Gasteiger partial charge in [-0.1, -0.05) is 23.7 Å². The number of anilines is 2. The molecule has 0 unspecified atom stereocenters. The number of carbonyl (C=O) groups is 1. The second-order valence-corrected chi connectivity index (χ2v) is 6.64. The van der Waals surface area contributed by atoms with Crippen molar-refractivity contribution in [2.24, 2.45) is 0 Å². The van der Waals surface area contributed by atoms with Crippen LogP contribution in [0.2, 0.25) is 5.02 Å². The van der Waals surface area contributed by atoms with Gasteiger partial charge < -0.3 is 5.32 Å². The number of rotatable bonds is 2. The van der Waals surface area contributed by atoms with Crippen molar-refractivity contribution in [3.05, 3.63) is 58.0 Å². The van der Waals surface area contributed by atoms with Crippen LogP contribution in [-0.4, -0.2) is 22.6 Å². The minimum absolute atomic E-state index is 0.00333. The van der Waals surface area contributed by atoms with E-state index in [-0.39, 0.29) is 5.91 Å². The average molecular weight is 411 g/mol. The lowest BCUT2D eigenvalue weighted by atomic mass is 10.3. The van der Waals surface area contributed by atoms with E-state index in [0.29, 0.717) is 23.1 Å². The molecule has 0 bridgehead atoms. The van der Waals surface area contributed by atoms with E-state index in [1.807, 2.05) is 24.3 Å². The molecule has 0 spiro atoms. The van der Waals surface area contributed by atoms with Crippen LogP contribution in [0.5, 0.6) is 0 Å². The average Bonchev–Trinajstić information content (AvgIpc) is 2.92. The first kappa shape index (κ1) is 16.2. The van der Waals surface area contributed by atoms with E-state index in [1.165, 1.54) is 0 Å². The van der Waals surface area contributed by atoms with E-state index >= 15 is 0 Å². The van der Waals surface area contributed by atoms with Crippen LogP contribution < -0.4 is 10.3 Å². The molecule has 1 aliphatic rings. The summed E-state index contributed by atoms with van der Waals surface area (Å²) in [7, 11) is 0. The molecule has 1 N–H and O–H groups in total. The van der Waals surface area contributed by atoms with Gasteiger partial charge in [0.05, 0.1) is 17.9 Å². The second kappa shape index (κ2) is 6.86. The van der Waals surface area contributed by atoms with Crippen molar-refractivity contribution >= 4 is 62.1 Å². The van der Waals surface area contributed by atoms with Gasteiger partial charge in [0.25, 0.3) is 0 Å². The van der Waals surface area contributed by atoms with Gasteiger partial charge in [0.1, 0.15) is 0 Å². The van der Waals surface area contributed by atoms with Gasteiger partial charge in [-0.3, -0.25) is 9.80 Å². The number of para-hydroxylation sites is 1. The van der Waals surface area contributed by atoms with Crippen LogP contribution in [0.15, 0.2) is 53.0 Å². The molecule has 23 heavy (non-hydrogen) atoms. The van der Waals surface area contributed by atoms with Crippen molar-refractivity contribution in [1.82, 2.24) is 5.01 Å². The number of hydrogen-bond donors (Lipinski definition) is 1. The molecule has 1 fully saturated rings. The van der Waals surface area contributed by atoms with E-state index in [9.17, 15) is 4.79 Å². The van der Waals surface area contributed by atoms with E-state index in [1.54, 1.807) is 34.3 Å². The minimum atomic E-state index is 0.00333. The summed E-state index contributed by atoms with van der Waals surface area (Å²) < 4.78 is 0.908. The van der Waals surface area contributed by atoms with Crippen LogP contribution in [-0.2, 0) is 4.79 Å². The fourth-order valence-corrected chi connectivity index (χ4v) is 3.14. The summed E-state index contributed by atoms with van der Waals surface area (Å²) in [6.45, 7) is 0.539. The number of amides is 1. The van der Waals surface area contributed by atoms with Gasteiger partial charge in [0.15, 0.2) is 5.11 Å². The van der Waals surface area contributed by atoms with Crippen molar-refractivity contribution in [2.45, 2.75) is 6.42 Å². The zero-order valence-electron chi connectivity index (χ0n) is 12.0. The second-order valence-electron chi connectivity index (χ2n) is 4.97. The molecule has 0 saturated carbocycles. The van der Waals surface area contributed by atoms with E-state index in [0.717, 1.165) is 15.8 Å². The highest BCUT2D eigenvalue weighted by molar-refractivity contribution is 9.10. The molecule has 0 radical (unpaired) electrons. The molecule has 1 saturated heterocycles. The van der Waals surface area contributed by atoms with Crippen LogP contribution in [0.25, 0.3) is 0 Å². The molecule has 2 aromatic carbocycles. The molecule has 4 nitrogen and oxygen atoms in total. The molecular weight excluding hydrogens is 398 g/mol. The van der Waals surface area contributed by atoms with Crippen LogP contribution in [0.3, 0.4) is 0 Å². The van der Waals surface area contributed by atoms with Crippen molar-refractivity contribution in [1.29, 1.82) is 0 Å². The van der Waals surface area contributed by atoms with Crippen LogP contribution in [0.4, 0.5) is 11.4 Å². The van der Waals surface area contributed by atoms with Gasteiger partial charge >= 0.3 is 0 Å². The summed E-state index contributed by atoms with van der Waals surface area (Å²) in [4.78, 5) is 12.2. The van der Waals surface area contributed by atoms with Gasteiger partial charge in [-0.05, 0) is 64.5 Å². The highest BCUT2D eigenvalue weighted by Crippen LogP contribution is 2.27. The Morgan fingerprint density at radius 1 is 1.17 bits per heavy atom. The van der Waals surface area contributed by atoms with Gasteiger partial charge in [-0.25, -0.2) is 5.01 Å². The van der Waals surface area contributed by atoms with Crippen LogP contribution in [0, 0.1) is 0 Å². The molecule has 118 valence electrons. The van der Waals surface area contributed by atoms with Crippen molar-refractivity contribution < 1.29 is 4.79 Å². The van der Waals surface area contributed by atoms with Crippen molar-refractivity contribution in [2.75, 3.05) is 16.9 Å². The summed E-state index contributed by atoms with van der Waals surface area (Å²) >= 11 is 14.9. The molecular formula is C16H13BrClN3OS. The van der Waals surface area contributed by atoms with Crippen molar-refractivity contribution in [3.8, 4) is 0 Å². The first-order chi connectivity index (χ1) is 11.1. The largest absolute Gasteiger partial charge is 0.330 e. The molecule has 1 amide bonds. The number of hydrogen-bond acceptors (Lipinski definition) is 2. The summed E-state index contributed by atoms with van der Waals surface area (Å²) in [6, 6.07) is 14.8. The predicted molar refractivity (Wildman–Crippen MR) is 101 cm³/mol. The van der Waals surface area contributed by atoms with Gasteiger partial charge in [-0.15, -0.1) is 0 Å². The maximum atomic E-state index is 12.2. The van der Waals surface area contributed by atoms with Gasteiger partial charge in [0.2, 0.25) is 5.91 Å². The quantitative estimate of drug-likeness (QED) is 0.742. The maximum absolute atomic E-state index is 12.2. The molecule has 0 aliphatic carbocycles. The number of carbonyl (C=O) groups excluding carboxylic acids is 1. The van der Waals surface area contributed by atoms with E-state index in [2.05, 4.69) is 21.2 Å². The first-order valence-corrected chi connectivity index (χ1v) is 8.55. The third-order valence-electron chi connectivity index (χ3n) is 3.44. The highest BCUT2D eigenvalue weighted by atomic mass is 79.9. The third kappa shape index (κ3) is 3.49.